The van der Waals surface area contributed by atoms with Gasteiger partial charge in [0.2, 0.25) is 0 Å². The van der Waals surface area contributed by atoms with E-state index in [1.807, 2.05) is 35.0 Å². The minimum atomic E-state index is -0.700. The predicted octanol–water partition coefficient (Wildman–Crippen LogP) is 1.74. The summed E-state index contributed by atoms with van der Waals surface area (Å²) in [5.74, 6) is 0.722. The first-order valence-electron chi connectivity index (χ1n) is 7.02. The first-order valence-corrected chi connectivity index (χ1v) is 7.02. The number of nitrogens with zero attached hydrogens (tertiary/aromatic N) is 3. The number of aromatic nitrogens is 2. The maximum Gasteiger partial charge on any atom is 0.332 e. The van der Waals surface area contributed by atoms with E-state index >= 15 is 0 Å². The third-order valence-electron chi connectivity index (χ3n) is 2.92. The lowest BCUT2D eigenvalue weighted by Crippen LogP contribution is -2.24. The van der Waals surface area contributed by atoms with Gasteiger partial charge in [-0.3, -0.25) is 0 Å². The molecule has 0 spiro atoms. The van der Waals surface area contributed by atoms with Gasteiger partial charge in [0, 0.05) is 24.5 Å². The third kappa shape index (κ3) is 5.28. The Bertz CT molecular complexity index is 610. The van der Waals surface area contributed by atoms with Crippen molar-refractivity contribution >= 4 is 12.2 Å². The van der Waals surface area contributed by atoms with Crippen LogP contribution in [0.4, 0.5) is 4.79 Å². The summed E-state index contributed by atoms with van der Waals surface area (Å²) in [7, 11) is 0. The molecule has 1 aromatic heterocycles. The van der Waals surface area contributed by atoms with E-state index < -0.39 is 6.03 Å². The summed E-state index contributed by atoms with van der Waals surface area (Å²) in [6.45, 7) is 1.54. The zero-order valence-corrected chi connectivity index (χ0v) is 12.2. The molecule has 3 N–H and O–H groups in total. The number of aryl methyl sites for hydroxylation is 1. The summed E-state index contributed by atoms with van der Waals surface area (Å²) in [5.41, 5.74) is 7.89. The lowest BCUT2D eigenvalue weighted by molar-refractivity contribution is 0.249. The molecular formula is C15H19N5O2. The van der Waals surface area contributed by atoms with Crippen molar-refractivity contribution in [2.24, 2.45) is 10.8 Å². The molecule has 7 heteroatoms. The number of imidazole rings is 1. The zero-order chi connectivity index (χ0) is 15.6. The van der Waals surface area contributed by atoms with Gasteiger partial charge in [-0.05, 0) is 25.0 Å². The predicted molar refractivity (Wildman–Crippen MR) is 83.7 cm³/mol. The van der Waals surface area contributed by atoms with E-state index in [0.29, 0.717) is 6.61 Å². The van der Waals surface area contributed by atoms with Crippen LogP contribution >= 0.6 is 0 Å². The highest BCUT2D eigenvalue weighted by Gasteiger charge is 2.00. The monoisotopic (exact) mass is 301 g/mol. The minimum absolute atomic E-state index is 0.614. The van der Waals surface area contributed by atoms with Gasteiger partial charge in [-0.15, -0.1) is 0 Å². The molecule has 0 aliphatic carbocycles. The number of rotatable bonds is 8. The van der Waals surface area contributed by atoms with Gasteiger partial charge in [0.1, 0.15) is 5.75 Å². The Morgan fingerprint density at radius 2 is 2.27 bits per heavy atom. The highest BCUT2D eigenvalue weighted by Crippen LogP contribution is 2.16. The van der Waals surface area contributed by atoms with Crippen LogP contribution in [0.3, 0.4) is 0 Å². The second-order valence-electron chi connectivity index (χ2n) is 4.63. The van der Waals surface area contributed by atoms with Gasteiger partial charge in [-0.1, -0.05) is 12.1 Å². The van der Waals surface area contributed by atoms with Crippen LogP contribution in [0.1, 0.15) is 18.4 Å². The van der Waals surface area contributed by atoms with Crippen molar-refractivity contribution in [1.82, 2.24) is 15.0 Å². The Morgan fingerprint density at radius 3 is 3.05 bits per heavy atom. The Morgan fingerprint density at radius 1 is 1.41 bits per heavy atom. The SMILES string of the molecule is NC(=O)NN=Cc1ccccc1OCCCCn1ccnc1. The first kappa shape index (κ1) is 15.6. The van der Waals surface area contributed by atoms with E-state index in [2.05, 4.69) is 15.5 Å². The Hall–Kier alpha value is -2.83. The number of nitrogens with one attached hydrogen (secondary N) is 1. The number of para-hydroxylation sites is 1. The maximum atomic E-state index is 10.6. The first-order chi connectivity index (χ1) is 10.8. The molecule has 22 heavy (non-hydrogen) atoms. The van der Waals surface area contributed by atoms with Crippen LogP contribution in [0.25, 0.3) is 0 Å². The summed E-state index contributed by atoms with van der Waals surface area (Å²) in [6, 6.07) is 6.78. The van der Waals surface area contributed by atoms with E-state index in [9.17, 15) is 4.79 Å². The molecule has 0 atom stereocenters. The highest BCUT2D eigenvalue weighted by atomic mass is 16.5. The Balaban J connectivity index is 1.77. The van der Waals surface area contributed by atoms with Crippen molar-refractivity contribution in [2.45, 2.75) is 19.4 Å². The zero-order valence-electron chi connectivity index (χ0n) is 12.2. The molecular weight excluding hydrogens is 282 g/mol. The van der Waals surface area contributed by atoms with Gasteiger partial charge < -0.3 is 15.0 Å². The molecule has 0 fully saturated rings. The molecule has 0 saturated heterocycles. The van der Waals surface area contributed by atoms with Crippen molar-refractivity contribution in [2.75, 3.05) is 6.61 Å². The summed E-state index contributed by atoms with van der Waals surface area (Å²) in [5, 5.41) is 3.74. The van der Waals surface area contributed by atoms with Crippen molar-refractivity contribution in [3.05, 3.63) is 48.5 Å². The number of urea groups is 1. The molecule has 116 valence electrons. The quantitative estimate of drug-likeness (QED) is 0.442. The van der Waals surface area contributed by atoms with Crippen LogP contribution < -0.4 is 15.9 Å². The van der Waals surface area contributed by atoms with E-state index in [1.54, 1.807) is 12.5 Å². The van der Waals surface area contributed by atoms with Crippen molar-refractivity contribution in [3.8, 4) is 5.75 Å². The summed E-state index contributed by atoms with van der Waals surface area (Å²) in [6.07, 6.45) is 8.97. The average Bonchev–Trinajstić information content (AvgIpc) is 3.01. The van der Waals surface area contributed by atoms with Crippen LogP contribution in [0.2, 0.25) is 0 Å². The van der Waals surface area contributed by atoms with Gasteiger partial charge in [-0.2, -0.15) is 5.10 Å². The molecule has 2 rings (SSSR count). The molecule has 2 aromatic rings. The van der Waals surface area contributed by atoms with Crippen molar-refractivity contribution in [1.29, 1.82) is 0 Å². The fourth-order valence-electron chi connectivity index (χ4n) is 1.88. The molecule has 0 aliphatic heterocycles. The van der Waals surface area contributed by atoms with E-state index in [1.165, 1.54) is 6.21 Å². The van der Waals surface area contributed by atoms with Crippen LogP contribution in [0, 0.1) is 0 Å². The largest absolute Gasteiger partial charge is 0.493 e. The van der Waals surface area contributed by atoms with Gasteiger partial charge in [0.05, 0.1) is 19.1 Å². The molecule has 0 unspecified atom stereocenters. The fraction of sp³-hybridized carbons (Fsp3) is 0.267. The van der Waals surface area contributed by atoms with Gasteiger partial charge in [-0.25, -0.2) is 15.2 Å². The fourth-order valence-corrected chi connectivity index (χ4v) is 1.88. The van der Waals surface area contributed by atoms with Gasteiger partial charge in [0.25, 0.3) is 0 Å². The number of carbonyl (C=O) groups is 1. The number of nitrogens with two attached hydrogens (primary N) is 1. The number of hydrogen-bond donors (Lipinski definition) is 2. The highest BCUT2D eigenvalue weighted by molar-refractivity contribution is 5.84. The number of carbonyl (C=O) groups excluding carboxylic acids is 1. The number of unbranched alkanes of at least 4 members (excludes halogenated alkanes) is 1. The molecule has 0 aliphatic rings. The Kier molecular flexibility index (Phi) is 5.98. The summed E-state index contributed by atoms with van der Waals surface area (Å²) in [4.78, 5) is 14.6. The van der Waals surface area contributed by atoms with E-state index in [4.69, 9.17) is 10.5 Å². The smallest absolute Gasteiger partial charge is 0.332 e. The second-order valence-corrected chi connectivity index (χ2v) is 4.63. The van der Waals surface area contributed by atoms with Crippen LogP contribution in [0.15, 0.2) is 48.1 Å². The lowest BCUT2D eigenvalue weighted by atomic mass is 10.2. The molecule has 7 nitrogen and oxygen atoms in total. The standard InChI is InChI=1S/C15H19N5O2/c16-15(21)19-18-11-13-5-1-2-6-14(13)22-10-4-3-8-20-9-7-17-12-20/h1-2,5-7,9,11-12H,3-4,8,10H2,(H3,16,19,21). The molecule has 0 radical (unpaired) electrons. The number of primary amides is 1. The topological polar surface area (TPSA) is 94.5 Å². The van der Waals surface area contributed by atoms with Gasteiger partial charge >= 0.3 is 6.03 Å². The molecule has 0 saturated carbocycles. The van der Waals surface area contributed by atoms with Crippen molar-refractivity contribution in [3.63, 3.8) is 0 Å². The van der Waals surface area contributed by atoms with Gasteiger partial charge in [0.15, 0.2) is 0 Å². The van der Waals surface area contributed by atoms with Crippen molar-refractivity contribution < 1.29 is 9.53 Å². The number of ether oxygens (including phenoxy) is 1. The molecule has 1 heterocycles. The number of benzene rings is 1. The molecule has 0 bridgehead atoms. The van der Waals surface area contributed by atoms with Crippen LogP contribution in [-0.4, -0.2) is 28.4 Å². The number of hydrogen-bond acceptors (Lipinski definition) is 4. The lowest BCUT2D eigenvalue weighted by Gasteiger charge is -2.09. The Labute approximate surface area is 128 Å². The van der Waals surface area contributed by atoms with E-state index in [0.717, 1.165) is 30.7 Å². The van der Waals surface area contributed by atoms with Crippen LogP contribution in [0.5, 0.6) is 5.75 Å². The third-order valence-corrected chi connectivity index (χ3v) is 2.92. The molecule has 1 aromatic carbocycles. The number of amides is 2. The minimum Gasteiger partial charge on any atom is -0.493 e. The summed E-state index contributed by atoms with van der Waals surface area (Å²) < 4.78 is 7.79. The second kappa shape index (κ2) is 8.46. The maximum absolute atomic E-state index is 10.6. The van der Waals surface area contributed by atoms with E-state index in [-0.39, 0.29) is 0 Å². The molecule has 2 amide bonds. The summed E-state index contributed by atoms with van der Waals surface area (Å²) >= 11 is 0. The number of hydrazone groups is 1. The normalized spacial score (nSPS) is 10.7. The van der Waals surface area contributed by atoms with Crippen LogP contribution in [-0.2, 0) is 6.54 Å². The average molecular weight is 301 g/mol.